The summed E-state index contributed by atoms with van der Waals surface area (Å²) in [6.07, 6.45) is 4.68. The summed E-state index contributed by atoms with van der Waals surface area (Å²) in [7, 11) is 0. The number of carbonyl (C=O) groups is 1. The summed E-state index contributed by atoms with van der Waals surface area (Å²) in [5.74, 6) is 0.211. The Balaban J connectivity index is 2.00. The standard InChI is InChI=1S/C12H19N3O/c1-10(12(16)11-3-5-14-9-11)15-7-2-4-13-6-8-15/h3,5,9-10,13-14H,2,4,6-8H2,1H3. The molecular formula is C12H19N3O. The molecule has 0 saturated carbocycles. The molecule has 0 aromatic carbocycles. The second-order valence-electron chi connectivity index (χ2n) is 4.28. The first-order chi connectivity index (χ1) is 7.79. The number of aromatic amines is 1. The van der Waals surface area contributed by atoms with Crippen LogP contribution >= 0.6 is 0 Å². The van der Waals surface area contributed by atoms with E-state index in [0.29, 0.717) is 0 Å². The van der Waals surface area contributed by atoms with Crippen molar-refractivity contribution in [2.45, 2.75) is 19.4 Å². The number of aromatic nitrogens is 1. The molecule has 0 spiro atoms. The van der Waals surface area contributed by atoms with E-state index in [1.165, 1.54) is 0 Å². The van der Waals surface area contributed by atoms with Crippen LogP contribution in [0.25, 0.3) is 0 Å². The summed E-state index contributed by atoms with van der Waals surface area (Å²) in [6.45, 7) is 5.99. The van der Waals surface area contributed by atoms with Gasteiger partial charge in [0.05, 0.1) is 6.04 Å². The Bertz CT molecular complexity index is 326. The van der Waals surface area contributed by atoms with Crippen molar-refractivity contribution in [2.75, 3.05) is 26.2 Å². The summed E-state index contributed by atoms with van der Waals surface area (Å²) >= 11 is 0. The van der Waals surface area contributed by atoms with E-state index in [-0.39, 0.29) is 11.8 Å². The van der Waals surface area contributed by atoms with E-state index in [0.717, 1.165) is 38.2 Å². The van der Waals surface area contributed by atoms with Crippen molar-refractivity contribution in [3.8, 4) is 0 Å². The zero-order chi connectivity index (χ0) is 11.4. The summed E-state index contributed by atoms with van der Waals surface area (Å²) in [6, 6.07) is 1.82. The fourth-order valence-electron chi connectivity index (χ4n) is 2.14. The van der Waals surface area contributed by atoms with Gasteiger partial charge in [0.25, 0.3) is 0 Å². The van der Waals surface area contributed by atoms with Gasteiger partial charge in [0.15, 0.2) is 5.78 Å². The molecule has 0 amide bonds. The van der Waals surface area contributed by atoms with Gasteiger partial charge < -0.3 is 10.3 Å². The number of rotatable bonds is 3. The molecule has 1 aliphatic rings. The molecule has 1 aromatic heterocycles. The number of nitrogens with zero attached hydrogens (tertiary/aromatic N) is 1. The molecule has 2 heterocycles. The van der Waals surface area contributed by atoms with Gasteiger partial charge in [-0.3, -0.25) is 9.69 Å². The Hall–Kier alpha value is -1.13. The van der Waals surface area contributed by atoms with E-state index in [4.69, 9.17) is 0 Å². The first kappa shape index (κ1) is 11.4. The highest BCUT2D eigenvalue weighted by Crippen LogP contribution is 2.09. The molecule has 1 atom stereocenters. The molecule has 1 fully saturated rings. The second kappa shape index (κ2) is 5.27. The lowest BCUT2D eigenvalue weighted by atomic mass is 10.1. The third-order valence-corrected chi connectivity index (χ3v) is 3.18. The van der Waals surface area contributed by atoms with Gasteiger partial charge in [0.2, 0.25) is 0 Å². The molecule has 4 heteroatoms. The zero-order valence-corrected chi connectivity index (χ0v) is 9.70. The van der Waals surface area contributed by atoms with Gasteiger partial charge in [0.1, 0.15) is 0 Å². The van der Waals surface area contributed by atoms with Crippen LogP contribution in [-0.4, -0.2) is 47.9 Å². The molecule has 4 nitrogen and oxygen atoms in total. The number of carbonyl (C=O) groups excluding carboxylic acids is 1. The molecule has 0 radical (unpaired) electrons. The van der Waals surface area contributed by atoms with E-state index in [9.17, 15) is 4.79 Å². The lowest BCUT2D eigenvalue weighted by molar-refractivity contribution is 0.0847. The first-order valence-corrected chi connectivity index (χ1v) is 5.91. The lowest BCUT2D eigenvalue weighted by Gasteiger charge is -2.25. The van der Waals surface area contributed by atoms with Crippen molar-refractivity contribution in [2.24, 2.45) is 0 Å². The highest BCUT2D eigenvalue weighted by molar-refractivity contribution is 5.99. The maximum Gasteiger partial charge on any atom is 0.181 e. The maximum absolute atomic E-state index is 12.1. The fourth-order valence-corrected chi connectivity index (χ4v) is 2.14. The van der Waals surface area contributed by atoms with Crippen LogP contribution in [0.1, 0.15) is 23.7 Å². The third-order valence-electron chi connectivity index (χ3n) is 3.18. The third kappa shape index (κ3) is 2.51. The Labute approximate surface area is 96.0 Å². The predicted octanol–water partition coefficient (Wildman–Crippen LogP) is 0.881. The van der Waals surface area contributed by atoms with Gasteiger partial charge in [0, 0.05) is 37.6 Å². The van der Waals surface area contributed by atoms with E-state index < -0.39 is 0 Å². The molecule has 1 aromatic rings. The predicted molar refractivity (Wildman–Crippen MR) is 63.6 cm³/mol. The number of ketones is 1. The van der Waals surface area contributed by atoms with E-state index in [1.807, 2.05) is 13.0 Å². The van der Waals surface area contributed by atoms with Crippen molar-refractivity contribution in [1.82, 2.24) is 15.2 Å². The van der Waals surface area contributed by atoms with E-state index in [2.05, 4.69) is 15.2 Å². The van der Waals surface area contributed by atoms with Crippen LogP contribution in [0.3, 0.4) is 0 Å². The largest absolute Gasteiger partial charge is 0.367 e. The molecule has 0 bridgehead atoms. The quantitative estimate of drug-likeness (QED) is 0.745. The topological polar surface area (TPSA) is 48.1 Å². The molecule has 2 rings (SSSR count). The zero-order valence-electron chi connectivity index (χ0n) is 9.70. The Morgan fingerprint density at radius 3 is 3.06 bits per heavy atom. The van der Waals surface area contributed by atoms with Gasteiger partial charge in [-0.15, -0.1) is 0 Å². The summed E-state index contributed by atoms with van der Waals surface area (Å²) in [5, 5.41) is 3.35. The summed E-state index contributed by atoms with van der Waals surface area (Å²) in [4.78, 5) is 17.3. The molecule has 0 aliphatic carbocycles. The molecular weight excluding hydrogens is 202 g/mol. The normalized spacial score (nSPS) is 20.3. The number of hydrogen-bond acceptors (Lipinski definition) is 3. The summed E-state index contributed by atoms with van der Waals surface area (Å²) < 4.78 is 0. The highest BCUT2D eigenvalue weighted by atomic mass is 16.1. The molecule has 1 unspecified atom stereocenters. The minimum Gasteiger partial charge on any atom is -0.367 e. The lowest BCUT2D eigenvalue weighted by Crippen LogP contribution is -2.41. The van der Waals surface area contributed by atoms with Crippen LogP contribution in [0.15, 0.2) is 18.5 Å². The van der Waals surface area contributed by atoms with Gasteiger partial charge in [-0.2, -0.15) is 0 Å². The van der Waals surface area contributed by atoms with Gasteiger partial charge in [-0.25, -0.2) is 0 Å². The molecule has 88 valence electrons. The van der Waals surface area contributed by atoms with Gasteiger partial charge in [-0.1, -0.05) is 0 Å². The minimum atomic E-state index is -0.0179. The first-order valence-electron chi connectivity index (χ1n) is 5.91. The average molecular weight is 221 g/mol. The molecule has 2 N–H and O–H groups in total. The Morgan fingerprint density at radius 1 is 1.44 bits per heavy atom. The van der Waals surface area contributed by atoms with Crippen LogP contribution < -0.4 is 5.32 Å². The number of hydrogen-bond donors (Lipinski definition) is 2. The second-order valence-corrected chi connectivity index (χ2v) is 4.28. The highest BCUT2D eigenvalue weighted by Gasteiger charge is 2.22. The SMILES string of the molecule is CC(C(=O)c1cc[nH]c1)N1CCCNCC1. The number of nitrogens with one attached hydrogen (secondary N) is 2. The minimum absolute atomic E-state index is 0.0179. The van der Waals surface area contributed by atoms with Crippen LogP contribution in [0.2, 0.25) is 0 Å². The van der Waals surface area contributed by atoms with Gasteiger partial charge >= 0.3 is 0 Å². The molecule has 1 saturated heterocycles. The van der Waals surface area contributed by atoms with Crippen molar-refractivity contribution < 1.29 is 4.79 Å². The fraction of sp³-hybridized carbons (Fsp3) is 0.583. The van der Waals surface area contributed by atoms with E-state index >= 15 is 0 Å². The van der Waals surface area contributed by atoms with Crippen LogP contribution in [0.5, 0.6) is 0 Å². The maximum atomic E-state index is 12.1. The Morgan fingerprint density at radius 2 is 2.31 bits per heavy atom. The molecule has 16 heavy (non-hydrogen) atoms. The van der Waals surface area contributed by atoms with Gasteiger partial charge in [-0.05, 0) is 26.0 Å². The number of Topliss-reactive ketones (excluding diaryl/α,β-unsaturated/α-hetero) is 1. The van der Waals surface area contributed by atoms with Crippen molar-refractivity contribution in [3.05, 3.63) is 24.0 Å². The van der Waals surface area contributed by atoms with Crippen molar-refractivity contribution in [3.63, 3.8) is 0 Å². The van der Waals surface area contributed by atoms with Crippen molar-refractivity contribution in [1.29, 1.82) is 0 Å². The van der Waals surface area contributed by atoms with E-state index in [1.54, 1.807) is 12.4 Å². The smallest absolute Gasteiger partial charge is 0.181 e. The van der Waals surface area contributed by atoms with Crippen LogP contribution in [0.4, 0.5) is 0 Å². The molecule has 1 aliphatic heterocycles. The average Bonchev–Trinajstić information content (AvgIpc) is 2.70. The van der Waals surface area contributed by atoms with Crippen molar-refractivity contribution >= 4 is 5.78 Å². The monoisotopic (exact) mass is 221 g/mol. The van der Waals surface area contributed by atoms with Crippen LogP contribution in [-0.2, 0) is 0 Å². The Kier molecular flexibility index (Phi) is 3.74. The number of H-pyrrole nitrogens is 1. The summed E-state index contributed by atoms with van der Waals surface area (Å²) in [5.41, 5.74) is 0.782. The van der Waals surface area contributed by atoms with Crippen LogP contribution in [0, 0.1) is 0 Å².